The Bertz CT molecular complexity index is 422. The first-order chi connectivity index (χ1) is 8.90. The third-order valence-electron chi connectivity index (χ3n) is 4.39. The summed E-state index contributed by atoms with van der Waals surface area (Å²) in [5.41, 5.74) is 0.163. The van der Waals surface area contributed by atoms with E-state index in [1.165, 1.54) is 0 Å². The highest BCUT2D eigenvalue weighted by atomic mass is 32.2. The third kappa shape index (κ3) is 2.42. The van der Waals surface area contributed by atoms with Gasteiger partial charge in [0.15, 0.2) is 0 Å². The molecule has 6 heteroatoms. The largest absolute Gasteiger partial charge is 0.480 e. The van der Waals surface area contributed by atoms with Crippen molar-refractivity contribution in [2.24, 2.45) is 11.3 Å². The number of amides is 2. The number of nitrogens with one attached hydrogen (secondary N) is 1. The van der Waals surface area contributed by atoms with Crippen LogP contribution in [0.1, 0.15) is 33.1 Å². The number of urea groups is 1. The number of carboxylic acids is 1. The van der Waals surface area contributed by atoms with Gasteiger partial charge in [-0.15, -0.1) is 11.8 Å². The standard InChI is InChI=1S/C13H20N2O3S/c1-13(2)5-9(13)14-12(18)15-8(11(16)17)6-19-10(15)7-3-4-7/h7-10H,3-6H2,1-2H3,(H,14,18)(H,16,17). The van der Waals surface area contributed by atoms with E-state index in [1.54, 1.807) is 16.7 Å². The molecule has 0 aromatic carbocycles. The monoisotopic (exact) mass is 284 g/mol. The molecule has 2 amide bonds. The molecule has 0 aromatic heterocycles. The van der Waals surface area contributed by atoms with E-state index in [2.05, 4.69) is 19.2 Å². The fourth-order valence-electron chi connectivity index (χ4n) is 2.66. The molecule has 3 fully saturated rings. The lowest BCUT2D eigenvalue weighted by Crippen LogP contribution is -2.51. The summed E-state index contributed by atoms with van der Waals surface area (Å²) in [7, 11) is 0. The second-order valence-electron chi connectivity index (χ2n) is 6.52. The summed E-state index contributed by atoms with van der Waals surface area (Å²) in [6, 6.07) is -0.665. The Morgan fingerprint density at radius 3 is 2.47 bits per heavy atom. The molecule has 3 unspecified atom stereocenters. The second-order valence-corrected chi connectivity index (χ2v) is 7.67. The smallest absolute Gasteiger partial charge is 0.327 e. The van der Waals surface area contributed by atoms with Gasteiger partial charge in [0.1, 0.15) is 6.04 Å². The maximum atomic E-state index is 12.4. The minimum absolute atomic E-state index is 0.0583. The maximum Gasteiger partial charge on any atom is 0.327 e. The van der Waals surface area contributed by atoms with Crippen molar-refractivity contribution in [3.63, 3.8) is 0 Å². The Labute approximate surface area is 117 Å². The first kappa shape index (κ1) is 13.1. The second kappa shape index (κ2) is 4.30. The van der Waals surface area contributed by atoms with Gasteiger partial charge >= 0.3 is 12.0 Å². The average molecular weight is 284 g/mol. The molecular weight excluding hydrogens is 264 g/mol. The number of nitrogens with zero attached hydrogens (tertiary/aromatic N) is 1. The van der Waals surface area contributed by atoms with Gasteiger partial charge < -0.3 is 10.4 Å². The van der Waals surface area contributed by atoms with E-state index in [-0.39, 0.29) is 22.9 Å². The normalized spacial score (nSPS) is 36.1. The van der Waals surface area contributed by atoms with Gasteiger partial charge in [-0.25, -0.2) is 9.59 Å². The molecule has 106 valence electrons. The molecule has 19 heavy (non-hydrogen) atoms. The number of carboxylic acid groups (broad SMARTS) is 1. The van der Waals surface area contributed by atoms with Crippen molar-refractivity contribution in [3.8, 4) is 0 Å². The topological polar surface area (TPSA) is 69.6 Å². The van der Waals surface area contributed by atoms with Crippen molar-refractivity contribution >= 4 is 23.8 Å². The van der Waals surface area contributed by atoms with Crippen LogP contribution in [-0.2, 0) is 4.79 Å². The number of carbonyl (C=O) groups excluding carboxylic acids is 1. The van der Waals surface area contributed by atoms with Crippen molar-refractivity contribution in [1.82, 2.24) is 10.2 Å². The number of aliphatic carboxylic acids is 1. The van der Waals surface area contributed by atoms with Crippen LogP contribution in [0.15, 0.2) is 0 Å². The van der Waals surface area contributed by atoms with Gasteiger partial charge in [0.05, 0.1) is 5.37 Å². The predicted molar refractivity (Wildman–Crippen MR) is 73.0 cm³/mol. The van der Waals surface area contributed by atoms with Crippen LogP contribution in [0.4, 0.5) is 4.79 Å². The number of hydrogen-bond donors (Lipinski definition) is 2. The van der Waals surface area contributed by atoms with Crippen LogP contribution in [0.5, 0.6) is 0 Å². The van der Waals surface area contributed by atoms with Gasteiger partial charge in [-0.05, 0) is 30.6 Å². The van der Waals surface area contributed by atoms with Crippen LogP contribution in [-0.4, -0.2) is 45.2 Å². The van der Waals surface area contributed by atoms with Crippen molar-refractivity contribution < 1.29 is 14.7 Å². The Morgan fingerprint density at radius 2 is 2.00 bits per heavy atom. The maximum absolute atomic E-state index is 12.4. The van der Waals surface area contributed by atoms with Gasteiger partial charge in [0.2, 0.25) is 0 Å². The molecule has 0 bridgehead atoms. The predicted octanol–water partition coefficient (Wildman–Crippen LogP) is 1.73. The van der Waals surface area contributed by atoms with Crippen LogP contribution < -0.4 is 5.32 Å². The summed E-state index contributed by atoms with van der Waals surface area (Å²) in [6.07, 6.45) is 3.21. The van der Waals surface area contributed by atoms with Crippen molar-refractivity contribution in [3.05, 3.63) is 0 Å². The van der Waals surface area contributed by atoms with E-state index in [9.17, 15) is 14.7 Å². The van der Waals surface area contributed by atoms with Gasteiger partial charge in [-0.1, -0.05) is 13.8 Å². The van der Waals surface area contributed by atoms with Crippen LogP contribution in [0, 0.1) is 11.3 Å². The van der Waals surface area contributed by atoms with E-state index in [1.807, 2.05) is 0 Å². The summed E-state index contributed by atoms with van der Waals surface area (Å²) in [5, 5.41) is 12.3. The number of carbonyl (C=O) groups is 2. The zero-order valence-corrected chi connectivity index (χ0v) is 12.1. The molecule has 0 aromatic rings. The lowest BCUT2D eigenvalue weighted by Gasteiger charge is -2.27. The molecular formula is C13H20N2O3S. The van der Waals surface area contributed by atoms with E-state index in [0.29, 0.717) is 11.7 Å². The Kier molecular flexibility index (Phi) is 2.96. The van der Waals surface area contributed by atoms with E-state index in [4.69, 9.17) is 0 Å². The number of hydrogen-bond acceptors (Lipinski definition) is 3. The summed E-state index contributed by atoms with van der Waals surface area (Å²) >= 11 is 1.62. The molecule has 0 spiro atoms. The Balaban J connectivity index is 1.70. The molecule has 1 aliphatic heterocycles. The van der Waals surface area contributed by atoms with Crippen LogP contribution in [0.2, 0.25) is 0 Å². The van der Waals surface area contributed by atoms with Crippen LogP contribution >= 0.6 is 11.8 Å². The minimum Gasteiger partial charge on any atom is -0.480 e. The minimum atomic E-state index is -0.888. The fourth-order valence-corrected chi connectivity index (χ4v) is 4.29. The summed E-state index contributed by atoms with van der Waals surface area (Å²) in [6.45, 7) is 4.23. The fraction of sp³-hybridized carbons (Fsp3) is 0.846. The highest BCUT2D eigenvalue weighted by Crippen LogP contribution is 2.47. The van der Waals surface area contributed by atoms with Gasteiger partial charge in [-0.3, -0.25) is 4.90 Å². The third-order valence-corrected chi connectivity index (χ3v) is 5.85. The van der Waals surface area contributed by atoms with E-state index in [0.717, 1.165) is 19.3 Å². The molecule has 3 atom stereocenters. The summed E-state index contributed by atoms with van der Waals surface area (Å²) < 4.78 is 0. The SMILES string of the molecule is CC1(C)CC1NC(=O)N1C(C(=O)O)CSC1C1CC1. The highest BCUT2D eigenvalue weighted by Gasteiger charge is 2.51. The first-order valence-electron chi connectivity index (χ1n) is 6.83. The molecule has 1 heterocycles. The molecule has 5 nitrogen and oxygen atoms in total. The molecule has 2 saturated carbocycles. The van der Waals surface area contributed by atoms with E-state index < -0.39 is 12.0 Å². The van der Waals surface area contributed by atoms with Crippen molar-refractivity contribution in [2.45, 2.75) is 50.6 Å². The molecule has 2 N–H and O–H groups in total. The van der Waals surface area contributed by atoms with Gasteiger partial charge in [-0.2, -0.15) is 0 Å². The van der Waals surface area contributed by atoms with Crippen molar-refractivity contribution in [2.75, 3.05) is 5.75 Å². The highest BCUT2D eigenvalue weighted by molar-refractivity contribution is 8.00. The first-order valence-corrected chi connectivity index (χ1v) is 7.88. The molecule has 1 saturated heterocycles. The summed E-state index contributed by atoms with van der Waals surface area (Å²) in [4.78, 5) is 25.3. The number of rotatable bonds is 3. The molecule has 3 aliphatic rings. The Hall–Kier alpha value is -0.910. The lowest BCUT2D eigenvalue weighted by atomic mass is 10.2. The average Bonchev–Trinajstić information content (AvgIpc) is 3.19. The zero-order valence-electron chi connectivity index (χ0n) is 11.3. The van der Waals surface area contributed by atoms with Crippen LogP contribution in [0.25, 0.3) is 0 Å². The summed E-state index contributed by atoms with van der Waals surface area (Å²) in [5.74, 6) is 0.117. The quantitative estimate of drug-likeness (QED) is 0.828. The van der Waals surface area contributed by atoms with Crippen molar-refractivity contribution in [1.29, 1.82) is 0 Å². The molecule has 2 aliphatic carbocycles. The molecule has 0 radical (unpaired) electrons. The van der Waals surface area contributed by atoms with Gasteiger partial charge in [0, 0.05) is 11.8 Å². The van der Waals surface area contributed by atoms with Gasteiger partial charge in [0.25, 0.3) is 0 Å². The van der Waals surface area contributed by atoms with E-state index >= 15 is 0 Å². The lowest BCUT2D eigenvalue weighted by molar-refractivity contribution is -0.141. The number of thioether (sulfide) groups is 1. The Morgan fingerprint density at radius 1 is 1.37 bits per heavy atom. The zero-order chi connectivity index (χ0) is 13.8. The molecule has 3 rings (SSSR count). The van der Waals surface area contributed by atoms with Crippen LogP contribution in [0.3, 0.4) is 0 Å².